The van der Waals surface area contributed by atoms with Gasteiger partial charge in [0.15, 0.2) is 0 Å². The Morgan fingerprint density at radius 2 is 2.22 bits per heavy atom. The SMILES string of the molecule is CN(CC(C(=O)O)c1ccccc1)C1CCOC1. The summed E-state index contributed by atoms with van der Waals surface area (Å²) in [6.45, 7) is 2.00. The maximum Gasteiger partial charge on any atom is 0.312 e. The van der Waals surface area contributed by atoms with Gasteiger partial charge in [-0.25, -0.2) is 0 Å². The van der Waals surface area contributed by atoms with Crippen molar-refractivity contribution in [2.24, 2.45) is 0 Å². The second kappa shape index (κ2) is 5.98. The Balaban J connectivity index is 2.04. The fraction of sp³-hybridized carbons (Fsp3) is 0.500. The van der Waals surface area contributed by atoms with Gasteiger partial charge in [-0.3, -0.25) is 9.69 Å². The molecule has 4 heteroatoms. The zero-order valence-electron chi connectivity index (χ0n) is 10.6. The summed E-state index contributed by atoms with van der Waals surface area (Å²) in [7, 11) is 1.97. The highest BCUT2D eigenvalue weighted by molar-refractivity contribution is 5.76. The van der Waals surface area contributed by atoms with E-state index in [4.69, 9.17) is 4.74 Å². The fourth-order valence-corrected chi connectivity index (χ4v) is 2.32. The Kier molecular flexibility index (Phi) is 4.33. The van der Waals surface area contributed by atoms with Crippen LogP contribution in [-0.4, -0.2) is 48.8 Å². The first kappa shape index (κ1) is 13.1. The van der Waals surface area contributed by atoms with Gasteiger partial charge in [0, 0.05) is 19.2 Å². The topological polar surface area (TPSA) is 49.8 Å². The molecule has 0 spiro atoms. The van der Waals surface area contributed by atoms with E-state index in [1.807, 2.05) is 37.4 Å². The number of benzene rings is 1. The van der Waals surface area contributed by atoms with Gasteiger partial charge in [-0.05, 0) is 19.0 Å². The van der Waals surface area contributed by atoms with Crippen molar-refractivity contribution in [3.8, 4) is 0 Å². The van der Waals surface area contributed by atoms with Gasteiger partial charge in [0.25, 0.3) is 0 Å². The lowest BCUT2D eigenvalue weighted by Crippen LogP contribution is -2.37. The second-order valence-electron chi connectivity index (χ2n) is 4.76. The van der Waals surface area contributed by atoms with Crippen LogP contribution in [0, 0.1) is 0 Å². The summed E-state index contributed by atoms with van der Waals surface area (Å²) in [5.41, 5.74) is 0.857. The number of hydrogen-bond donors (Lipinski definition) is 1. The first-order valence-electron chi connectivity index (χ1n) is 6.24. The molecule has 0 aliphatic carbocycles. The highest BCUT2D eigenvalue weighted by Gasteiger charge is 2.26. The molecule has 1 heterocycles. The van der Waals surface area contributed by atoms with E-state index in [1.165, 1.54) is 0 Å². The maximum absolute atomic E-state index is 11.4. The zero-order valence-corrected chi connectivity index (χ0v) is 10.6. The van der Waals surface area contributed by atoms with E-state index in [1.54, 1.807) is 0 Å². The van der Waals surface area contributed by atoms with Crippen molar-refractivity contribution in [2.45, 2.75) is 18.4 Å². The molecule has 4 nitrogen and oxygen atoms in total. The predicted molar refractivity (Wildman–Crippen MR) is 68.7 cm³/mol. The minimum atomic E-state index is -0.771. The molecule has 1 aliphatic rings. The van der Waals surface area contributed by atoms with Crippen molar-refractivity contribution in [1.29, 1.82) is 0 Å². The molecule has 1 aliphatic heterocycles. The highest BCUT2D eigenvalue weighted by atomic mass is 16.5. The standard InChI is InChI=1S/C14H19NO3/c1-15(12-7-8-18-10-12)9-13(14(16)17)11-5-3-2-4-6-11/h2-6,12-13H,7-10H2,1H3,(H,16,17). The predicted octanol–water partition coefficient (Wildman–Crippen LogP) is 1.58. The normalized spacial score (nSPS) is 21.1. The van der Waals surface area contributed by atoms with E-state index in [0.717, 1.165) is 18.6 Å². The zero-order chi connectivity index (χ0) is 13.0. The number of nitrogens with zero attached hydrogens (tertiary/aromatic N) is 1. The van der Waals surface area contributed by atoms with E-state index < -0.39 is 11.9 Å². The summed E-state index contributed by atoms with van der Waals surface area (Å²) in [4.78, 5) is 13.5. The number of likely N-dealkylation sites (N-methyl/N-ethyl adjacent to an activating group) is 1. The third-order valence-electron chi connectivity index (χ3n) is 3.50. The Hall–Kier alpha value is -1.39. The number of carboxylic acids is 1. The van der Waals surface area contributed by atoms with E-state index in [9.17, 15) is 9.90 Å². The van der Waals surface area contributed by atoms with Crippen LogP contribution in [0.4, 0.5) is 0 Å². The van der Waals surface area contributed by atoms with Crippen LogP contribution in [-0.2, 0) is 9.53 Å². The van der Waals surface area contributed by atoms with Gasteiger partial charge < -0.3 is 9.84 Å². The Labute approximate surface area is 107 Å². The molecule has 1 aromatic rings. The first-order chi connectivity index (χ1) is 8.68. The second-order valence-corrected chi connectivity index (χ2v) is 4.76. The quantitative estimate of drug-likeness (QED) is 0.860. The molecule has 2 atom stereocenters. The van der Waals surface area contributed by atoms with Crippen LogP contribution in [0.3, 0.4) is 0 Å². The van der Waals surface area contributed by atoms with Crippen LogP contribution in [0.2, 0.25) is 0 Å². The van der Waals surface area contributed by atoms with E-state index >= 15 is 0 Å². The van der Waals surface area contributed by atoms with Crippen molar-refractivity contribution in [2.75, 3.05) is 26.8 Å². The van der Waals surface area contributed by atoms with Crippen LogP contribution in [0.1, 0.15) is 17.9 Å². The molecule has 2 unspecified atom stereocenters. The van der Waals surface area contributed by atoms with Crippen LogP contribution in [0.5, 0.6) is 0 Å². The molecule has 1 aromatic carbocycles. The average Bonchev–Trinajstić information content (AvgIpc) is 2.90. The Morgan fingerprint density at radius 3 is 2.78 bits per heavy atom. The van der Waals surface area contributed by atoms with Crippen molar-refractivity contribution in [1.82, 2.24) is 4.90 Å². The molecule has 18 heavy (non-hydrogen) atoms. The van der Waals surface area contributed by atoms with Crippen LogP contribution < -0.4 is 0 Å². The van der Waals surface area contributed by atoms with E-state index in [-0.39, 0.29) is 0 Å². The van der Waals surface area contributed by atoms with Gasteiger partial charge in [0.05, 0.1) is 12.5 Å². The lowest BCUT2D eigenvalue weighted by atomic mass is 9.98. The number of ether oxygens (including phenoxy) is 1. The molecule has 0 amide bonds. The van der Waals surface area contributed by atoms with Gasteiger partial charge in [0.2, 0.25) is 0 Å². The number of aliphatic carboxylic acids is 1. The first-order valence-corrected chi connectivity index (χ1v) is 6.24. The molecule has 0 radical (unpaired) electrons. The average molecular weight is 249 g/mol. The molecule has 0 bridgehead atoms. The van der Waals surface area contributed by atoms with Crippen LogP contribution in [0.25, 0.3) is 0 Å². The smallest absolute Gasteiger partial charge is 0.312 e. The summed E-state index contributed by atoms with van der Waals surface area (Å²) >= 11 is 0. The Morgan fingerprint density at radius 1 is 1.50 bits per heavy atom. The fourth-order valence-electron chi connectivity index (χ4n) is 2.32. The lowest BCUT2D eigenvalue weighted by molar-refractivity contribution is -0.139. The molecule has 0 aromatic heterocycles. The number of hydrogen-bond acceptors (Lipinski definition) is 3. The lowest BCUT2D eigenvalue weighted by Gasteiger charge is -2.26. The largest absolute Gasteiger partial charge is 0.481 e. The monoisotopic (exact) mass is 249 g/mol. The molecule has 1 N–H and O–H groups in total. The van der Waals surface area contributed by atoms with E-state index in [2.05, 4.69) is 4.90 Å². The summed E-state index contributed by atoms with van der Waals surface area (Å²) < 4.78 is 5.34. The molecule has 0 saturated carbocycles. The van der Waals surface area contributed by atoms with Gasteiger partial charge in [0.1, 0.15) is 0 Å². The number of rotatable bonds is 5. The minimum Gasteiger partial charge on any atom is -0.481 e. The van der Waals surface area contributed by atoms with Crippen molar-refractivity contribution in [3.63, 3.8) is 0 Å². The van der Waals surface area contributed by atoms with Gasteiger partial charge in [-0.1, -0.05) is 30.3 Å². The molecular formula is C14H19NO3. The van der Waals surface area contributed by atoms with Crippen LogP contribution in [0.15, 0.2) is 30.3 Å². The van der Waals surface area contributed by atoms with Crippen LogP contribution >= 0.6 is 0 Å². The maximum atomic E-state index is 11.4. The van der Waals surface area contributed by atoms with Gasteiger partial charge in [-0.2, -0.15) is 0 Å². The molecule has 1 saturated heterocycles. The molecule has 1 fully saturated rings. The minimum absolute atomic E-state index is 0.343. The number of carboxylic acid groups (broad SMARTS) is 1. The third-order valence-corrected chi connectivity index (χ3v) is 3.50. The Bertz CT molecular complexity index is 387. The van der Waals surface area contributed by atoms with Crippen molar-refractivity contribution in [3.05, 3.63) is 35.9 Å². The van der Waals surface area contributed by atoms with Gasteiger partial charge in [-0.15, -0.1) is 0 Å². The van der Waals surface area contributed by atoms with Crippen molar-refractivity contribution >= 4 is 5.97 Å². The van der Waals surface area contributed by atoms with Gasteiger partial charge >= 0.3 is 5.97 Å². The molecule has 2 rings (SSSR count). The highest BCUT2D eigenvalue weighted by Crippen LogP contribution is 2.20. The molecule has 98 valence electrons. The molecular weight excluding hydrogens is 230 g/mol. The summed E-state index contributed by atoms with van der Waals surface area (Å²) in [6, 6.07) is 9.75. The summed E-state index contributed by atoms with van der Waals surface area (Å²) in [6.07, 6.45) is 0.984. The third kappa shape index (κ3) is 3.09. The number of carbonyl (C=O) groups is 1. The van der Waals surface area contributed by atoms with Crippen molar-refractivity contribution < 1.29 is 14.6 Å². The summed E-state index contributed by atoms with van der Waals surface area (Å²) in [5, 5.41) is 9.36. The summed E-state index contributed by atoms with van der Waals surface area (Å²) in [5.74, 6) is -1.25. The van der Waals surface area contributed by atoms with E-state index in [0.29, 0.717) is 19.2 Å².